The topological polar surface area (TPSA) is 136 Å². The van der Waals surface area contributed by atoms with Crippen LogP contribution in [0.1, 0.15) is 26.3 Å². The monoisotopic (exact) mass is 365 g/mol. The van der Waals surface area contributed by atoms with Crippen molar-refractivity contribution in [2.75, 3.05) is 0 Å². The van der Waals surface area contributed by atoms with Gasteiger partial charge in [0.25, 0.3) is 11.6 Å². The molecule has 8 heteroatoms. The lowest BCUT2D eigenvalue weighted by atomic mass is 9.97. The molecule has 27 heavy (non-hydrogen) atoms. The Kier molecular flexibility index (Phi) is 4.71. The molecule has 0 aromatic heterocycles. The minimum atomic E-state index is -0.785. The molecule has 0 spiro atoms. The van der Waals surface area contributed by atoms with Gasteiger partial charge in [0, 0.05) is 18.7 Å². The van der Waals surface area contributed by atoms with E-state index < -0.39 is 16.7 Å². The summed E-state index contributed by atoms with van der Waals surface area (Å²) in [6.07, 6.45) is 0. The largest absolute Gasteiger partial charge is 0.508 e. The van der Waals surface area contributed by atoms with Gasteiger partial charge < -0.3 is 16.2 Å². The van der Waals surface area contributed by atoms with Gasteiger partial charge in [0.05, 0.1) is 16.1 Å². The number of carbonyl (C=O) groups is 2. The number of non-ortho nitro benzene ring substituents is 1. The SMILES string of the molecule is NC(=O)c1c(C(=O)NCc2ccc([N+](=O)[O-])cc2)ccc2ccc(O)cc12. The summed E-state index contributed by atoms with van der Waals surface area (Å²) in [6, 6.07) is 13.4. The van der Waals surface area contributed by atoms with Crippen LogP contribution < -0.4 is 11.1 Å². The Morgan fingerprint density at radius 1 is 1.07 bits per heavy atom. The lowest BCUT2D eigenvalue weighted by molar-refractivity contribution is -0.384. The molecule has 3 rings (SSSR count). The van der Waals surface area contributed by atoms with E-state index in [0.29, 0.717) is 16.3 Å². The molecule has 3 aromatic rings. The van der Waals surface area contributed by atoms with Crippen molar-refractivity contribution in [2.24, 2.45) is 5.73 Å². The van der Waals surface area contributed by atoms with Gasteiger partial charge in [0.1, 0.15) is 5.75 Å². The van der Waals surface area contributed by atoms with E-state index in [4.69, 9.17) is 5.73 Å². The number of aromatic hydroxyl groups is 1. The molecule has 0 atom stereocenters. The van der Waals surface area contributed by atoms with Crippen LogP contribution in [0.15, 0.2) is 54.6 Å². The van der Waals surface area contributed by atoms with Crippen molar-refractivity contribution in [3.63, 3.8) is 0 Å². The molecule has 0 heterocycles. The second kappa shape index (κ2) is 7.12. The van der Waals surface area contributed by atoms with Crippen LogP contribution in [0, 0.1) is 10.1 Å². The number of nitro groups is 1. The van der Waals surface area contributed by atoms with E-state index in [2.05, 4.69) is 5.32 Å². The van der Waals surface area contributed by atoms with Crippen molar-refractivity contribution in [1.82, 2.24) is 5.32 Å². The number of fused-ring (bicyclic) bond motifs is 1. The Bertz CT molecular complexity index is 1060. The van der Waals surface area contributed by atoms with Crippen molar-refractivity contribution in [2.45, 2.75) is 6.54 Å². The van der Waals surface area contributed by atoms with Gasteiger partial charge in [-0.3, -0.25) is 19.7 Å². The summed E-state index contributed by atoms with van der Waals surface area (Å²) < 4.78 is 0. The Morgan fingerprint density at radius 3 is 2.37 bits per heavy atom. The van der Waals surface area contributed by atoms with Crippen molar-refractivity contribution < 1.29 is 19.6 Å². The standard InChI is InChI=1S/C19H15N3O5/c20-18(24)17-15(8-4-12-3-7-14(23)9-16(12)17)19(25)21-10-11-1-5-13(6-2-11)22(26)27/h1-9,23H,10H2,(H2,20,24)(H,21,25). The van der Waals surface area contributed by atoms with E-state index in [-0.39, 0.29) is 29.1 Å². The molecule has 0 fully saturated rings. The number of nitro benzene ring substituents is 1. The summed E-state index contributed by atoms with van der Waals surface area (Å²) in [4.78, 5) is 34.6. The van der Waals surface area contributed by atoms with E-state index in [9.17, 15) is 24.8 Å². The molecular weight excluding hydrogens is 350 g/mol. The zero-order chi connectivity index (χ0) is 19.6. The molecule has 0 aliphatic carbocycles. The van der Waals surface area contributed by atoms with Gasteiger partial charge >= 0.3 is 0 Å². The number of hydrogen-bond donors (Lipinski definition) is 3. The van der Waals surface area contributed by atoms with E-state index in [0.717, 1.165) is 0 Å². The number of phenols is 1. The Hall–Kier alpha value is -3.94. The first-order chi connectivity index (χ1) is 12.9. The number of phenolic OH excluding ortho intramolecular Hbond substituents is 1. The highest BCUT2D eigenvalue weighted by atomic mass is 16.6. The van der Waals surface area contributed by atoms with E-state index in [1.54, 1.807) is 12.1 Å². The zero-order valence-corrected chi connectivity index (χ0v) is 14.0. The fourth-order valence-electron chi connectivity index (χ4n) is 2.78. The Balaban J connectivity index is 1.88. The van der Waals surface area contributed by atoms with E-state index in [1.807, 2.05) is 0 Å². The molecule has 0 saturated carbocycles. The average molecular weight is 365 g/mol. The second-order valence-electron chi connectivity index (χ2n) is 5.86. The molecule has 0 saturated heterocycles. The summed E-state index contributed by atoms with van der Waals surface area (Å²) in [5.74, 6) is -1.35. The fraction of sp³-hybridized carbons (Fsp3) is 0.0526. The first-order valence-electron chi connectivity index (χ1n) is 7.94. The van der Waals surface area contributed by atoms with Crippen molar-refractivity contribution in [3.8, 4) is 5.75 Å². The zero-order valence-electron chi connectivity index (χ0n) is 14.0. The number of primary amides is 1. The number of rotatable bonds is 5. The first kappa shape index (κ1) is 17.9. The maximum atomic E-state index is 12.6. The van der Waals surface area contributed by atoms with Gasteiger partial charge in [0.15, 0.2) is 0 Å². The number of nitrogens with zero attached hydrogens (tertiary/aromatic N) is 1. The third kappa shape index (κ3) is 3.69. The van der Waals surface area contributed by atoms with Crippen LogP contribution in [0.4, 0.5) is 5.69 Å². The number of nitrogens with one attached hydrogen (secondary N) is 1. The Morgan fingerprint density at radius 2 is 1.74 bits per heavy atom. The molecule has 0 bridgehead atoms. The van der Waals surface area contributed by atoms with Gasteiger partial charge in [-0.25, -0.2) is 0 Å². The number of hydrogen-bond acceptors (Lipinski definition) is 5. The van der Waals surface area contributed by atoms with Crippen molar-refractivity contribution in [3.05, 3.63) is 81.4 Å². The Labute approximate surface area is 153 Å². The molecule has 2 amide bonds. The predicted octanol–water partition coefficient (Wildman–Crippen LogP) is 2.48. The van der Waals surface area contributed by atoms with Crippen LogP contribution in [0.3, 0.4) is 0 Å². The molecule has 136 valence electrons. The molecule has 0 unspecified atom stereocenters. The molecule has 8 nitrogen and oxygen atoms in total. The van der Waals surface area contributed by atoms with Gasteiger partial charge in [-0.15, -0.1) is 0 Å². The average Bonchev–Trinajstić information content (AvgIpc) is 2.65. The third-order valence-electron chi connectivity index (χ3n) is 4.10. The van der Waals surface area contributed by atoms with Gasteiger partial charge in [-0.1, -0.05) is 24.3 Å². The highest BCUT2D eigenvalue weighted by molar-refractivity contribution is 6.15. The molecule has 0 radical (unpaired) electrons. The highest BCUT2D eigenvalue weighted by Gasteiger charge is 2.18. The van der Waals surface area contributed by atoms with Crippen molar-refractivity contribution in [1.29, 1.82) is 0 Å². The van der Waals surface area contributed by atoms with Gasteiger partial charge in [0.2, 0.25) is 5.91 Å². The summed E-state index contributed by atoms with van der Waals surface area (Å²) >= 11 is 0. The lowest BCUT2D eigenvalue weighted by Gasteiger charge is -2.11. The maximum absolute atomic E-state index is 12.6. The summed E-state index contributed by atoms with van der Waals surface area (Å²) in [5, 5.41) is 24.0. The number of carbonyl (C=O) groups excluding carboxylic acids is 2. The predicted molar refractivity (Wildman–Crippen MR) is 98.4 cm³/mol. The molecule has 0 aliphatic rings. The van der Waals surface area contributed by atoms with Gasteiger partial charge in [-0.05, 0) is 34.5 Å². The highest BCUT2D eigenvalue weighted by Crippen LogP contribution is 2.26. The maximum Gasteiger partial charge on any atom is 0.269 e. The minimum Gasteiger partial charge on any atom is -0.508 e. The van der Waals surface area contributed by atoms with E-state index >= 15 is 0 Å². The molecular formula is C19H15N3O5. The van der Waals surface area contributed by atoms with Crippen LogP contribution in [-0.4, -0.2) is 21.8 Å². The van der Waals surface area contributed by atoms with Crippen LogP contribution in [0.5, 0.6) is 5.75 Å². The van der Waals surface area contributed by atoms with Crippen LogP contribution >= 0.6 is 0 Å². The van der Waals surface area contributed by atoms with Crippen molar-refractivity contribution >= 4 is 28.3 Å². The summed E-state index contributed by atoms with van der Waals surface area (Å²) in [7, 11) is 0. The first-order valence-corrected chi connectivity index (χ1v) is 7.94. The normalized spacial score (nSPS) is 10.5. The minimum absolute atomic E-state index is 0.0181. The molecule has 3 aromatic carbocycles. The summed E-state index contributed by atoms with van der Waals surface area (Å²) in [6.45, 7) is 0.118. The van der Waals surface area contributed by atoms with Crippen LogP contribution in [0.25, 0.3) is 10.8 Å². The smallest absolute Gasteiger partial charge is 0.269 e. The number of nitrogens with two attached hydrogens (primary N) is 1. The molecule has 0 aliphatic heterocycles. The summed E-state index contributed by atoms with van der Waals surface area (Å²) in [5.41, 5.74) is 6.17. The lowest BCUT2D eigenvalue weighted by Crippen LogP contribution is -2.26. The second-order valence-corrected chi connectivity index (χ2v) is 5.86. The van der Waals surface area contributed by atoms with Crippen LogP contribution in [-0.2, 0) is 6.54 Å². The number of amides is 2. The third-order valence-corrected chi connectivity index (χ3v) is 4.10. The number of benzene rings is 3. The van der Waals surface area contributed by atoms with Crippen LogP contribution in [0.2, 0.25) is 0 Å². The quantitative estimate of drug-likeness (QED) is 0.471. The fourth-order valence-corrected chi connectivity index (χ4v) is 2.78. The van der Waals surface area contributed by atoms with E-state index in [1.165, 1.54) is 42.5 Å². The van der Waals surface area contributed by atoms with Gasteiger partial charge in [-0.2, -0.15) is 0 Å². The molecule has 4 N–H and O–H groups in total.